The molecule has 2 N–H and O–H groups in total. The molecule has 42 heavy (non-hydrogen) atoms. The van der Waals surface area contributed by atoms with Crippen LogP contribution in [0.4, 0.5) is 10.5 Å². The van der Waals surface area contributed by atoms with Crippen LogP contribution in [0.5, 0.6) is 23.0 Å². The molecule has 1 heterocycles. The van der Waals surface area contributed by atoms with E-state index < -0.39 is 11.9 Å². The Morgan fingerprint density at radius 1 is 0.643 bits per heavy atom. The van der Waals surface area contributed by atoms with Gasteiger partial charge >= 0.3 is 6.03 Å². The van der Waals surface area contributed by atoms with Gasteiger partial charge in [0.25, 0.3) is 5.91 Å². The molecular formula is C35H28N2O5. The number of benzene rings is 5. The highest BCUT2D eigenvalue weighted by Gasteiger charge is 2.24. The molecule has 6 rings (SSSR count). The van der Waals surface area contributed by atoms with E-state index in [1.54, 1.807) is 30.3 Å². The molecule has 5 aromatic carbocycles. The molecule has 208 valence electrons. The number of carbonyl (C=O) groups excluding carboxylic acids is 2. The van der Waals surface area contributed by atoms with Crippen LogP contribution in [0, 0.1) is 0 Å². The minimum atomic E-state index is -0.681. The van der Waals surface area contributed by atoms with E-state index in [9.17, 15) is 9.59 Å². The van der Waals surface area contributed by atoms with Gasteiger partial charge in [0, 0.05) is 17.7 Å². The fourth-order valence-electron chi connectivity index (χ4n) is 4.78. The summed E-state index contributed by atoms with van der Waals surface area (Å²) in [6, 6.07) is 36.9. The average Bonchev–Trinajstić information content (AvgIpc) is 3.03. The summed E-state index contributed by atoms with van der Waals surface area (Å²) in [6.07, 6.45) is 0.587. The Balaban J connectivity index is 1.22. The fraction of sp³-hybridized carbons (Fsp3) is 0.0857. The van der Waals surface area contributed by atoms with Gasteiger partial charge in [-0.15, -0.1) is 0 Å². The molecule has 7 nitrogen and oxygen atoms in total. The number of ether oxygens (including phenoxy) is 3. The minimum Gasteiger partial charge on any atom is -0.488 e. The Morgan fingerprint density at radius 2 is 1.21 bits per heavy atom. The topological polar surface area (TPSA) is 85.9 Å². The highest BCUT2D eigenvalue weighted by atomic mass is 16.5. The second kappa shape index (κ2) is 12.3. The number of urea groups is 1. The lowest BCUT2D eigenvalue weighted by molar-refractivity contribution is 0.0957. The van der Waals surface area contributed by atoms with Crippen LogP contribution in [0.1, 0.15) is 32.6 Å². The third kappa shape index (κ3) is 6.10. The van der Waals surface area contributed by atoms with Crippen LogP contribution >= 0.6 is 0 Å². The number of nitrogens with one attached hydrogen (secondary N) is 2. The number of imide groups is 1. The van der Waals surface area contributed by atoms with Gasteiger partial charge in [-0.1, -0.05) is 91.0 Å². The molecule has 0 saturated heterocycles. The molecule has 0 aliphatic carbocycles. The lowest BCUT2D eigenvalue weighted by atomic mass is 9.99. The van der Waals surface area contributed by atoms with Crippen molar-refractivity contribution in [2.75, 3.05) is 5.32 Å². The maximum atomic E-state index is 13.6. The summed E-state index contributed by atoms with van der Waals surface area (Å²) in [6.45, 7) is 0.486. The Kier molecular flexibility index (Phi) is 7.81. The van der Waals surface area contributed by atoms with Gasteiger partial charge in [0.05, 0.1) is 0 Å². The van der Waals surface area contributed by atoms with Crippen LogP contribution in [-0.2, 0) is 19.6 Å². The number of hydrogen-bond donors (Lipinski definition) is 2. The molecule has 0 aromatic heterocycles. The van der Waals surface area contributed by atoms with Gasteiger partial charge in [0.15, 0.2) is 0 Å². The zero-order valence-electron chi connectivity index (χ0n) is 22.7. The lowest BCUT2D eigenvalue weighted by Gasteiger charge is -2.22. The van der Waals surface area contributed by atoms with Crippen LogP contribution in [0.15, 0.2) is 121 Å². The van der Waals surface area contributed by atoms with Crippen molar-refractivity contribution < 1.29 is 23.8 Å². The molecule has 0 saturated carbocycles. The molecule has 0 radical (unpaired) electrons. The number of anilines is 1. The van der Waals surface area contributed by atoms with E-state index in [2.05, 4.69) is 10.6 Å². The van der Waals surface area contributed by atoms with Crippen LogP contribution in [0.2, 0.25) is 0 Å². The maximum absolute atomic E-state index is 13.6. The van der Waals surface area contributed by atoms with Gasteiger partial charge in [0.1, 0.15) is 41.8 Å². The quantitative estimate of drug-likeness (QED) is 0.203. The van der Waals surface area contributed by atoms with Crippen LogP contribution in [-0.4, -0.2) is 11.9 Å². The monoisotopic (exact) mass is 556 g/mol. The van der Waals surface area contributed by atoms with Crippen molar-refractivity contribution >= 4 is 17.6 Å². The van der Waals surface area contributed by atoms with Crippen LogP contribution < -0.4 is 24.8 Å². The Labute approximate surface area is 243 Å². The van der Waals surface area contributed by atoms with Crippen molar-refractivity contribution in [1.82, 2.24) is 5.32 Å². The molecule has 0 unspecified atom stereocenters. The molecule has 0 bridgehead atoms. The zero-order chi connectivity index (χ0) is 28.7. The summed E-state index contributed by atoms with van der Waals surface area (Å²) in [5.41, 5.74) is 4.41. The zero-order valence-corrected chi connectivity index (χ0v) is 22.7. The van der Waals surface area contributed by atoms with Crippen molar-refractivity contribution in [1.29, 1.82) is 0 Å². The molecule has 5 aromatic rings. The molecule has 0 atom stereocenters. The predicted octanol–water partition coefficient (Wildman–Crippen LogP) is 7.50. The van der Waals surface area contributed by atoms with Gasteiger partial charge in [0.2, 0.25) is 0 Å². The van der Waals surface area contributed by atoms with Crippen molar-refractivity contribution in [3.05, 3.63) is 149 Å². The summed E-state index contributed by atoms with van der Waals surface area (Å²) in [4.78, 5) is 26.7. The minimum absolute atomic E-state index is 0.131. The van der Waals surface area contributed by atoms with Gasteiger partial charge in [-0.3, -0.25) is 10.1 Å². The summed E-state index contributed by atoms with van der Waals surface area (Å²) < 4.78 is 18.1. The highest BCUT2D eigenvalue weighted by Crippen LogP contribution is 2.39. The molecule has 0 fully saturated rings. The normalized spacial score (nSPS) is 11.3. The van der Waals surface area contributed by atoms with Crippen molar-refractivity contribution in [2.45, 2.75) is 19.6 Å². The Morgan fingerprint density at radius 3 is 1.88 bits per heavy atom. The molecule has 1 aliphatic heterocycles. The van der Waals surface area contributed by atoms with Crippen molar-refractivity contribution in [3.8, 4) is 23.0 Å². The Bertz CT molecular complexity index is 1660. The van der Waals surface area contributed by atoms with E-state index in [0.29, 0.717) is 29.4 Å². The van der Waals surface area contributed by atoms with Crippen molar-refractivity contribution in [3.63, 3.8) is 0 Å². The molecule has 3 amide bonds. The number of para-hydroxylation sites is 1. The Hall–Kier alpha value is -5.56. The number of rotatable bonds is 8. The summed E-state index contributed by atoms with van der Waals surface area (Å²) in [7, 11) is 0. The standard InChI is InChI=1S/C35H28N2O5/c38-34(37-35(39)36-28-16-9-18-30-27(28)21-26-15-7-8-17-29(26)42-30)33-31(40-22-24-11-3-1-4-12-24)19-10-20-32(33)41-23-25-13-5-2-6-14-25/h1-20H,21-23H2,(H2,36,37,38,39). The average molecular weight is 557 g/mol. The number of carbonyl (C=O) groups is 2. The maximum Gasteiger partial charge on any atom is 0.326 e. The van der Waals surface area contributed by atoms with E-state index in [1.165, 1.54) is 0 Å². The summed E-state index contributed by atoms with van der Waals surface area (Å²) >= 11 is 0. The summed E-state index contributed by atoms with van der Waals surface area (Å²) in [5.74, 6) is 1.41. The first kappa shape index (κ1) is 26.7. The van der Waals surface area contributed by atoms with Gasteiger partial charge < -0.3 is 19.5 Å². The first-order valence-electron chi connectivity index (χ1n) is 13.6. The van der Waals surface area contributed by atoms with Crippen LogP contribution in [0.25, 0.3) is 0 Å². The second-order valence-electron chi connectivity index (χ2n) is 9.75. The predicted molar refractivity (Wildman–Crippen MR) is 160 cm³/mol. The first-order valence-corrected chi connectivity index (χ1v) is 13.6. The smallest absolute Gasteiger partial charge is 0.326 e. The van der Waals surface area contributed by atoms with Gasteiger partial charge in [-0.25, -0.2) is 4.79 Å². The van der Waals surface area contributed by atoms with E-state index in [4.69, 9.17) is 14.2 Å². The molecule has 7 heteroatoms. The van der Waals surface area contributed by atoms with E-state index in [0.717, 1.165) is 28.0 Å². The SMILES string of the molecule is O=C(NC(=O)c1c(OCc2ccccc2)cccc1OCc1ccccc1)Nc1cccc2c1Cc1ccccc1O2. The largest absolute Gasteiger partial charge is 0.488 e. The third-order valence-electron chi connectivity index (χ3n) is 6.86. The third-order valence-corrected chi connectivity index (χ3v) is 6.86. The number of fused-ring (bicyclic) bond motifs is 2. The number of hydrogen-bond acceptors (Lipinski definition) is 5. The van der Waals surface area contributed by atoms with E-state index in [-0.39, 0.29) is 18.8 Å². The second-order valence-corrected chi connectivity index (χ2v) is 9.75. The lowest BCUT2D eigenvalue weighted by Crippen LogP contribution is -2.35. The van der Waals surface area contributed by atoms with Gasteiger partial charge in [-0.05, 0) is 47.0 Å². The molecular weight excluding hydrogens is 528 g/mol. The van der Waals surface area contributed by atoms with E-state index >= 15 is 0 Å². The first-order chi connectivity index (χ1) is 20.6. The molecule has 0 spiro atoms. The summed E-state index contributed by atoms with van der Waals surface area (Å²) in [5, 5.41) is 5.28. The highest BCUT2D eigenvalue weighted by molar-refractivity contribution is 6.10. The van der Waals surface area contributed by atoms with Crippen molar-refractivity contribution in [2.24, 2.45) is 0 Å². The molecule has 1 aliphatic rings. The van der Waals surface area contributed by atoms with Crippen LogP contribution in [0.3, 0.4) is 0 Å². The fourth-order valence-corrected chi connectivity index (χ4v) is 4.78. The van der Waals surface area contributed by atoms with E-state index in [1.807, 2.05) is 91.0 Å². The van der Waals surface area contributed by atoms with Gasteiger partial charge in [-0.2, -0.15) is 0 Å². The number of amides is 3.